The minimum Gasteiger partial charge on any atom is -0.494 e. The van der Waals surface area contributed by atoms with Gasteiger partial charge in [0.15, 0.2) is 6.61 Å². The van der Waals surface area contributed by atoms with Crippen molar-refractivity contribution in [2.45, 2.75) is 45.1 Å². The van der Waals surface area contributed by atoms with Crippen molar-refractivity contribution < 1.29 is 19.1 Å². The molecule has 6 nitrogen and oxygen atoms in total. The van der Waals surface area contributed by atoms with Crippen LogP contribution in [0.25, 0.3) is 0 Å². The molecule has 1 aliphatic heterocycles. The van der Waals surface area contributed by atoms with Crippen LogP contribution in [0.3, 0.4) is 0 Å². The van der Waals surface area contributed by atoms with Gasteiger partial charge in [-0.3, -0.25) is 9.59 Å². The highest BCUT2D eigenvalue weighted by Crippen LogP contribution is 2.18. The molecular formula is C25H32N2O4. The van der Waals surface area contributed by atoms with Gasteiger partial charge in [0.25, 0.3) is 5.91 Å². The first-order chi connectivity index (χ1) is 15.2. The van der Waals surface area contributed by atoms with Gasteiger partial charge in [-0.15, -0.1) is 0 Å². The summed E-state index contributed by atoms with van der Waals surface area (Å²) < 4.78 is 11.3. The second-order valence-electron chi connectivity index (χ2n) is 7.74. The number of hydrogen-bond donors (Lipinski definition) is 1. The summed E-state index contributed by atoms with van der Waals surface area (Å²) in [5, 5.41) is 3.03. The van der Waals surface area contributed by atoms with Crippen LogP contribution in [0.2, 0.25) is 0 Å². The molecular weight excluding hydrogens is 392 g/mol. The summed E-state index contributed by atoms with van der Waals surface area (Å²) in [6.45, 7) is 3.94. The summed E-state index contributed by atoms with van der Waals surface area (Å²) in [6.07, 6.45) is 3.57. The van der Waals surface area contributed by atoms with Crippen molar-refractivity contribution in [3.63, 3.8) is 0 Å². The van der Waals surface area contributed by atoms with Crippen LogP contribution in [-0.4, -0.2) is 49.1 Å². The monoisotopic (exact) mass is 424 g/mol. The lowest BCUT2D eigenvalue weighted by Crippen LogP contribution is -2.47. The number of rotatable bonds is 10. The summed E-state index contributed by atoms with van der Waals surface area (Å²) in [7, 11) is 0. The van der Waals surface area contributed by atoms with Crippen molar-refractivity contribution >= 4 is 11.8 Å². The van der Waals surface area contributed by atoms with Gasteiger partial charge in [-0.2, -0.15) is 0 Å². The van der Waals surface area contributed by atoms with E-state index in [9.17, 15) is 9.59 Å². The third-order valence-corrected chi connectivity index (χ3v) is 5.47. The van der Waals surface area contributed by atoms with E-state index in [-0.39, 0.29) is 24.5 Å². The van der Waals surface area contributed by atoms with Crippen molar-refractivity contribution in [3.05, 3.63) is 60.2 Å². The van der Waals surface area contributed by atoms with Crippen LogP contribution in [0.15, 0.2) is 54.6 Å². The molecule has 1 N–H and O–H groups in total. The number of ether oxygens (including phenoxy) is 2. The Kier molecular flexibility index (Phi) is 8.76. The van der Waals surface area contributed by atoms with Gasteiger partial charge in [0.05, 0.1) is 6.61 Å². The van der Waals surface area contributed by atoms with Gasteiger partial charge >= 0.3 is 0 Å². The molecule has 1 aliphatic rings. The van der Waals surface area contributed by atoms with E-state index in [0.717, 1.165) is 36.3 Å². The number of piperidine rings is 1. The average molecular weight is 425 g/mol. The number of amides is 2. The van der Waals surface area contributed by atoms with E-state index in [2.05, 4.69) is 12.2 Å². The fourth-order valence-electron chi connectivity index (χ4n) is 3.71. The van der Waals surface area contributed by atoms with Crippen LogP contribution in [0.4, 0.5) is 0 Å². The largest absolute Gasteiger partial charge is 0.494 e. The normalized spacial score (nSPS) is 14.2. The minimum atomic E-state index is -0.117. The first kappa shape index (κ1) is 22.7. The summed E-state index contributed by atoms with van der Waals surface area (Å²) in [5.74, 6) is 1.63. The molecule has 1 heterocycles. The molecule has 0 aromatic heterocycles. The number of para-hydroxylation sites is 2. The predicted molar refractivity (Wildman–Crippen MR) is 120 cm³/mol. The van der Waals surface area contributed by atoms with Crippen LogP contribution in [0.1, 0.15) is 38.2 Å². The lowest BCUT2D eigenvalue weighted by Gasteiger charge is -2.32. The number of aryl methyl sites for hydroxylation is 1. The van der Waals surface area contributed by atoms with Gasteiger partial charge < -0.3 is 19.7 Å². The molecule has 1 saturated heterocycles. The van der Waals surface area contributed by atoms with Crippen molar-refractivity contribution in [2.75, 3.05) is 26.3 Å². The Balaban J connectivity index is 1.30. The van der Waals surface area contributed by atoms with Crippen molar-refractivity contribution in [3.8, 4) is 11.5 Å². The highest BCUT2D eigenvalue weighted by atomic mass is 16.5. The maximum atomic E-state index is 12.4. The molecule has 0 spiro atoms. The molecule has 0 bridgehead atoms. The third kappa shape index (κ3) is 7.31. The van der Waals surface area contributed by atoms with Crippen LogP contribution >= 0.6 is 0 Å². The smallest absolute Gasteiger partial charge is 0.258 e. The number of hydrogen-bond acceptors (Lipinski definition) is 4. The maximum Gasteiger partial charge on any atom is 0.258 e. The molecule has 2 aromatic carbocycles. The number of carbonyl (C=O) groups is 2. The van der Waals surface area contributed by atoms with Crippen LogP contribution in [0, 0.1) is 0 Å². The van der Waals surface area contributed by atoms with E-state index in [4.69, 9.17) is 9.47 Å². The Morgan fingerprint density at radius 2 is 1.71 bits per heavy atom. The Bertz CT molecular complexity index is 832. The molecule has 1 fully saturated rings. The molecule has 2 amide bonds. The van der Waals surface area contributed by atoms with Crippen LogP contribution in [0.5, 0.6) is 11.5 Å². The van der Waals surface area contributed by atoms with E-state index >= 15 is 0 Å². The van der Waals surface area contributed by atoms with E-state index in [1.54, 1.807) is 0 Å². The van der Waals surface area contributed by atoms with E-state index in [1.165, 1.54) is 0 Å². The molecule has 0 saturated carbocycles. The fraction of sp³-hybridized carbons (Fsp3) is 0.440. The van der Waals surface area contributed by atoms with Crippen molar-refractivity contribution in [2.24, 2.45) is 0 Å². The molecule has 3 rings (SSSR count). The van der Waals surface area contributed by atoms with E-state index in [0.29, 0.717) is 32.5 Å². The molecule has 6 heteroatoms. The number of likely N-dealkylation sites (tertiary alicyclic amines) is 1. The Morgan fingerprint density at radius 3 is 2.45 bits per heavy atom. The summed E-state index contributed by atoms with van der Waals surface area (Å²) >= 11 is 0. The van der Waals surface area contributed by atoms with E-state index in [1.807, 2.05) is 59.5 Å². The molecule has 166 valence electrons. The lowest BCUT2D eigenvalue weighted by molar-refractivity contribution is -0.132. The Hall–Kier alpha value is -3.02. The van der Waals surface area contributed by atoms with Gasteiger partial charge in [-0.05, 0) is 49.4 Å². The predicted octanol–water partition coefficient (Wildman–Crippen LogP) is 3.59. The van der Waals surface area contributed by atoms with Crippen LogP contribution in [-0.2, 0) is 16.0 Å². The Labute approximate surface area is 184 Å². The van der Waals surface area contributed by atoms with E-state index < -0.39 is 0 Å². The van der Waals surface area contributed by atoms with Gasteiger partial charge in [0, 0.05) is 25.6 Å². The highest BCUT2D eigenvalue weighted by molar-refractivity contribution is 5.78. The molecule has 0 unspecified atom stereocenters. The molecule has 31 heavy (non-hydrogen) atoms. The molecule has 0 radical (unpaired) electrons. The second-order valence-corrected chi connectivity index (χ2v) is 7.74. The van der Waals surface area contributed by atoms with Crippen molar-refractivity contribution in [1.82, 2.24) is 10.2 Å². The highest BCUT2D eigenvalue weighted by Gasteiger charge is 2.23. The number of nitrogens with one attached hydrogen (secondary N) is 1. The zero-order chi connectivity index (χ0) is 21.9. The molecule has 0 aliphatic carbocycles. The maximum absolute atomic E-state index is 12.4. The van der Waals surface area contributed by atoms with Crippen molar-refractivity contribution in [1.29, 1.82) is 0 Å². The van der Waals surface area contributed by atoms with Gasteiger partial charge in [-0.25, -0.2) is 0 Å². The van der Waals surface area contributed by atoms with Gasteiger partial charge in [0.2, 0.25) is 5.91 Å². The summed E-state index contributed by atoms with van der Waals surface area (Å²) in [6, 6.07) is 17.5. The topological polar surface area (TPSA) is 67.9 Å². The standard InChI is InChI=1S/C25H32N2O4/c1-2-20-9-6-7-12-23(20)31-19-24(28)26-21-14-16-27(17-15-21)25(29)13-8-18-30-22-10-4-3-5-11-22/h3-7,9-12,21H,2,8,13-19H2,1H3,(H,26,28). The third-order valence-electron chi connectivity index (χ3n) is 5.47. The second kappa shape index (κ2) is 12.0. The first-order valence-electron chi connectivity index (χ1n) is 11.1. The Morgan fingerprint density at radius 1 is 1.00 bits per heavy atom. The summed E-state index contributed by atoms with van der Waals surface area (Å²) in [5.41, 5.74) is 1.09. The average Bonchev–Trinajstić information content (AvgIpc) is 2.81. The first-order valence-corrected chi connectivity index (χ1v) is 11.1. The molecule has 0 atom stereocenters. The quantitative estimate of drug-likeness (QED) is 0.592. The number of carbonyl (C=O) groups excluding carboxylic acids is 2. The zero-order valence-corrected chi connectivity index (χ0v) is 18.2. The summed E-state index contributed by atoms with van der Waals surface area (Å²) in [4.78, 5) is 26.6. The van der Waals surface area contributed by atoms with Crippen LogP contribution < -0.4 is 14.8 Å². The van der Waals surface area contributed by atoms with Gasteiger partial charge in [-0.1, -0.05) is 43.3 Å². The molecule has 2 aromatic rings. The minimum absolute atomic E-state index is 0.0115. The number of benzene rings is 2. The lowest BCUT2D eigenvalue weighted by atomic mass is 10.0. The fourth-order valence-corrected chi connectivity index (χ4v) is 3.71. The zero-order valence-electron chi connectivity index (χ0n) is 18.2. The number of nitrogens with zero attached hydrogens (tertiary/aromatic N) is 1. The SMILES string of the molecule is CCc1ccccc1OCC(=O)NC1CCN(C(=O)CCCOc2ccccc2)CC1. The van der Waals surface area contributed by atoms with Gasteiger partial charge in [0.1, 0.15) is 11.5 Å².